The molecule has 2 aromatic carbocycles. The molecule has 0 aromatic heterocycles. The molecule has 166 valence electrons. The van der Waals surface area contributed by atoms with E-state index in [2.05, 4.69) is 10.6 Å². The first kappa shape index (κ1) is 24.1. The van der Waals surface area contributed by atoms with E-state index in [0.717, 1.165) is 11.1 Å². The van der Waals surface area contributed by atoms with Gasteiger partial charge in [-0.15, -0.1) is 0 Å². The standard InChI is InChI=1S/C24H31N3O4/c1-17(2)13-23(29)25-14-18-5-7-19(8-6-18)24(30)26-20-9-11-22(12-10-20)31-16-21(28)15-27(3)4/h5-13,21,28H,14-16H2,1-4H3,(H,25,29)(H,26,30)/t21-/m1/s1. The van der Waals surface area contributed by atoms with Gasteiger partial charge in [-0.3, -0.25) is 9.59 Å². The summed E-state index contributed by atoms with van der Waals surface area (Å²) in [6.07, 6.45) is 0.974. The minimum atomic E-state index is -0.571. The number of ether oxygens (including phenoxy) is 1. The van der Waals surface area contributed by atoms with Crippen molar-refractivity contribution < 1.29 is 19.4 Å². The number of likely N-dealkylation sites (N-methyl/N-ethyl adjacent to an activating group) is 1. The third-order valence-corrected chi connectivity index (χ3v) is 4.23. The molecule has 3 N–H and O–H groups in total. The van der Waals surface area contributed by atoms with Crippen molar-refractivity contribution in [1.82, 2.24) is 10.2 Å². The molecule has 0 aliphatic rings. The van der Waals surface area contributed by atoms with Gasteiger partial charge in [0.05, 0.1) is 0 Å². The quantitative estimate of drug-likeness (QED) is 0.509. The Bertz CT molecular complexity index is 886. The molecule has 31 heavy (non-hydrogen) atoms. The lowest BCUT2D eigenvalue weighted by Crippen LogP contribution is -2.30. The zero-order valence-corrected chi connectivity index (χ0v) is 18.5. The zero-order chi connectivity index (χ0) is 22.8. The van der Waals surface area contributed by atoms with Gasteiger partial charge in [-0.1, -0.05) is 17.7 Å². The smallest absolute Gasteiger partial charge is 0.255 e. The Morgan fingerprint density at radius 1 is 1.06 bits per heavy atom. The Kier molecular flexibility index (Phi) is 9.24. The Hall–Kier alpha value is -3.16. The van der Waals surface area contributed by atoms with Crippen LogP contribution in [-0.2, 0) is 11.3 Å². The van der Waals surface area contributed by atoms with Crippen LogP contribution in [0, 0.1) is 0 Å². The van der Waals surface area contributed by atoms with Crippen LogP contribution >= 0.6 is 0 Å². The second kappa shape index (κ2) is 11.9. The molecule has 0 bridgehead atoms. The van der Waals surface area contributed by atoms with Crippen molar-refractivity contribution >= 4 is 17.5 Å². The average Bonchev–Trinajstić information content (AvgIpc) is 2.71. The molecule has 0 saturated heterocycles. The third kappa shape index (κ3) is 9.02. The van der Waals surface area contributed by atoms with E-state index < -0.39 is 6.10 Å². The number of carbonyl (C=O) groups is 2. The number of rotatable bonds is 10. The first-order valence-corrected chi connectivity index (χ1v) is 10.1. The highest BCUT2D eigenvalue weighted by Gasteiger charge is 2.08. The van der Waals surface area contributed by atoms with Gasteiger partial charge < -0.3 is 25.4 Å². The highest BCUT2D eigenvalue weighted by atomic mass is 16.5. The predicted molar refractivity (Wildman–Crippen MR) is 122 cm³/mol. The highest BCUT2D eigenvalue weighted by molar-refractivity contribution is 6.04. The second-order valence-electron chi connectivity index (χ2n) is 7.84. The number of hydrogen-bond acceptors (Lipinski definition) is 5. The maximum Gasteiger partial charge on any atom is 0.255 e. The molecule has 0 radical (unpaired) electrons. The molecule has 0 saturated carbocycles. The van der Waals surface area contributed by atoms with Gasteiger partial charge in [0, 0.05) is 30.4 Å². The van der Waals surface area contributed by atoms with Gasteiger partial charge in [-0.05, 0) is 69.9 Å². The first-order valence-electron chi connectivity index (χ1n) is 10.1. The van der Waals surface area contributed by atoms with E-state index in [1.165, 1.54) is 0 Å². The van der Waals surface area contributed by atoms with E-state index in [4.69, 9.17) is 4.74 Å². The number of anilines is 1. The Morgan fingerprint density at radius 3 is 2.29 bits per heavy atom. The fourth-order valence-electron chi connectivity index (χ4n) is 2.78. The molecule has 0 aliphatic carbocycles. The number of allylic oxidation sites excluding steroid dienone is 1. The summed E-state index contributed by atoms with van der Waals surface area (Å²) in [4.78, 5) is 26.0. The summed E-state index contributed by atoms with van der Waals surface area (Å²) in [7, 11) is 3.77. The summed E-state index contributed by atoms with van der Waals surface area (Å²) in [6, 6.07) is 14.1. The summed E-state index contributed by atoms with van der Waals surface area (Å²) in [5.41, 5.74) is 3.01. The van der Waals surface area contributed by atoms with Gasteiger partial charge in [0.1, 0.15) is 18.5 Å². The summed E-state index contributed by atoms with van der Waals surface area (Å²) >= 11 is 0. The van der Waals surface area contributed by atoms with E-state index >= 15 is 0 Å². The highest BCUT2D eigenvalue weighted by Crippen LogP contribution is 2.17. The fraction of sp³-hybridized carbons (Fsp3) is 0.333. The second-order valence-corrected chi connectivity index (χ2v) is 7.84. The van der Waals surface area contributed by atoms with Gasteiger partial charge in [-0.25, -0.2) is 0 Å². The van der Waals surface area contributed by atoms with E-state index in [9.17, 15) is 14.7 Å². The SMILES string of the molecule is CC(C)=CC(=O)NCc1ccc(C(=O)Nc2ccc(OC[C@H](O)CN(C)C)cc2)cc1. The molecule has 0 aliphatic heterocycles. The van der Waals surface area contributed by atoms with Crippen LogP contribution in [0.2, 0.25) is 0 Å². The molecule has 0 heterocycles. The predicted octanol–water partition coefficient (Wildman–Crippen LogP) is 2.82. The van der Waals surface area contributed by atoms with Crippen molar-refractivity contribution in [2.24, 2.45) is 0 Å². The molecule has 0 fully saturated rings. The number of aliphatic hydroxyl groups excluding tert-OH is 1. The van der Waals surface area contributed by atoms with Gasteiger partial charge in [0.2, 0.25) is 5.91 Å². The molecule has 2 aromatic rings. The molecule has 2 amide bonds. The lowest BCUT2D eigenvalue weighted by atomic mass is 10.1. The van der Waals surface area contributed by atoms with Crippen LogP contribution in [0.5, 0.6) is 5.75 Å². The van der Waals surface area contributed by atoms with E-state index in [1.54, 1.807) is 42.5 Å². The van der Waals surface area contributed by atoms with Gasteiger partial charge in [0.25, 0.3) is 5.91 Å². The summed E-state index contributed by atoms with van der Waals surface area (Å²) in [5, 5.41) is 15.5. The van der Waals surface area contributed by atoms with Crippen LogP contribution in [0.1, 0.15) is 29.8 Å². The summed E-state index contributed by atoms with van der Waals surface area (Å²) < 4.78 is 5.56. The third-order valence-electron chi connectivity index (χ3n) is 4.23. The lowest BCUT2D eigenvalue weighted by Gasteiger charge is -2.16. The molecule has 1 atom stereocenters. The molecular weight excluding hydrogens is 394 g/mol. The Labute approximate surface area is 183 Å². The van der Waals surface area contributed by atoms with Crippen molar-refractivity contribution in [2.75, 3.05) is 32.6 Å². The average molecular weight is 426 g/mol. The van der Waals surface area contributed by atoms with E-state index in [0.29, 0.717) is 30.1 Å². The molecule has 7 nitrogen and oxygen atoms in total. The van der Waals surface area contributed by atoms with Crippen molar-refractivity contribution in [2.45, 2.75) is 26.5 Å². The van der Waals surface area contributed by atoms with Crippen LogP contribution in [0.4, 0.5) is 5.69 Å². The zero-order valence-electron chi connectivity index (χ0n) is 18.5. The topological polar surface area (TPSA) is 90.9 Å². The van der Waals surface area contributed by atoms with E-state index in [1.807, 2.05) is 45.0 Å². The van der Waals surface area contributed by atoms with Crippen molar-refractivity contribution in [3.63, 3.8) is 0 Å². The molecular formula is C24H31N3O4. The number of amides is 2. The van der Waals surface area contributed by atoms with Crippen LogP contribution in [-0.4, -0.2) is 55.2 Å². The maximum absolute atomic E-state index is 12.5. The minimum absolute atomic E-state index is 0.138. The molecule has 2 rings (SSSR count). The summed E-state index contributed by atoms with van der Waals surface area (Å²) in [5.74, 6) is 0.256. The monoisotopic (exact) mass is 425 g/mol. The lowest BCUT2D eigenvalue weighted by molar-refractivity contribution is -0.116. The largest absolute Gasteiger partial charge is 0.491 e. The molecule has 7 heteroatoms. The van der Waals surface area contributed by atoms with Crippen molar-refractivity contribution in [3.8, 4) is 5.75 Å². The van der Waals surface area contributed by atoms with Gasteiger partial charge in [-0.2, -0.15) is 0 Å². The van der Waals surface area contributed by atoms with Crippen molar-refractivity contribution in [1.29, 1.82) is 0 Å². The first-order chi connectivity index (χ1) is 14.7. The van der Waals surface area contributed by atoms with Gasteiger partial charge in [0.15, 0.2) is 0 Å². The molecule has 0 spiro atoms. The van der Waals surface area contributed by atoms with Crippen LogP contribution in [0.15, 0.2) is 60.2 Å². The van der Waals surface area contributed by atoms with Crippen molar-refractivity contribution in [3.05, 3.63) is 71.3 Å². The number of benzene rings is 2. The Morgan fingerprint density at radius 2 is 1.71 bits per heavy atom. The minimum Gasteiger partial charge on any atom is -0.491 e. The number of carbonyl (C=O) groups excluding carboxylic acids is 2. The number of nitrogens with zero attached hydrogens (tertiary/aromatic N) is 1. The number of nitrogens with one attached hydrogen (secondary N) is 2. The van der Waals surface area contributed by atoms with Crippen LogP contribution < -0.4 is 15.4 Å². The van der Waals surface area contributed by atoms with E-state index in [-0.39, 0.29) is 18.4 Å². The summed E-state index contributed by atoms with van der Waals surface area (Å²) in [6.45, 7) is 4.85. The van der Waals surface area contributed by atoms with Crippen LogP contribution in [0.3, 0.4) is 0 Å². The Balaban J connectivity index is 1.84. The van der Waals surface area contributed by atoms with Gasteiger partial charge >= 0.3 is 0 Å². The maximum atomic E-state index is 12.5. The fourth-order valence-corrected chi connectivity index (χ4v) is 2.78. The number of hydrogen-bond donors (Lipinski definition) is 3. The van der Waals surface area contributed by atoms with Crippen LogP contribution in [0.25, 0.3) is 0 Å². The molecule has 0 unspecified atom stereocenters. The normalized spacial score (nSPS) is 11.5. The number of aliphatic hydroxyl groups is 1.